The van der Waals surface area contributed by atoms with E-state index in [1.54, 1.807) is 0 Å². The van der Waals surface area contributed by atoms with Gasteiger partial charge in [-0.2, -0.15) is 0 Å². The maximum atomic E-state index is 11.8. The minimum atomic E-state index is 0.430. The molecule has 0 saturated heterocycles. The van der Waals surface area contributed by atoms with Crippen LogP contribution >= 0.6 is 0 Å². The summed E-state index contributed by atoms with van der Waals surface area (Å²) in [6.45, 7) is 5.99. The maximum Gasteiger partial charge on any atom is 0.137 e. The van der Waals surface area contributed by atoms with E-state index in [-0.39, 0.29) is 0 Å². The average molecular weight is 206 g/mol. The summed E-state index contributed by atoms with van der Waals surface area (Å²) in [5.74, 6) is 3.00. The molecule has 1 heteroatoms. The van der Waals surface area contributed by atoms with Crippen molar-refractivity contribution < 1.29 is 4.79 Å². The van der Waals surface area contributed by atoms with Crippen LogP contribution in [-0.2, 0) is 4.79 Å². The van der Waals surface area contributed by atoms with Gasteiger partial charge in [0.2, 0.25) is 0 Å². The summed E-state index contributed by atoms with van der Waals surface area (Å²) in [6.07, 6.45) is 7.96. The Kier molecular flexibility index (Phi) is 3.28. The van der Waals surface area contributed by atoms with E-state index >= 15 is 0 Å². The molecule has 2 aliphatic carbocycles. The van der Waals surface area contributed by atoms with E-state index in [9.17, 15) is 4.79 Å². The summed E-state index contributed by atoms with van der Waals surface area (Å²) in [6, 6.07) is 0. The second-order valence-electron chi connectivity index (χ2n) is 5.46. The maximum absolute atomic E-state index is 11.8. The summed E-state index contributed by atoms with van der Waals surface area (Å²) in [4.78, 5) is 11.8. The lowest BCUT2D eigenvalue weighted by Gasteiger charge is -2.20. The molecule has 2 saturated carbocycles. The molecule has 3 atom stereocenters. The third kappa shape index (κ3) is 2.50. The van der Waals surface area contributed by atoms with Gasteiger partial charge in [-0.1, -0.05) is 25.5 Å². The highest BCUT2D eigenvalue weighted by molar-refractivity contribution is 5.81. The predicted molar refractivity (Wildman–Crippen MR) is 62.6 cm³/mol. The lowest BCUT2D eigenvalue weighted by atomic mass is 9.84. The van der Waals surface area contributed by atoms with Gasteiger partial charge in [0.1, 0.15) is 5.78 Å². The third-order valence-corrected chi connectivity index (χ3v) is 4.32. The van der Waals surface area contributed by atoms with E-state index in [1.165, 1.54) is 25.7 Å². The average Bonchev–Trinajstić information content (AvgIpc) is 2.78. The largest absolute Gasteiger partial charge is 0.299 e. The highest BCUT2D eigenvalue weighted by atomic mass is 16.1. The van der Waals surface area contributed by atoms with Crippen LogP contribution in [0, 0.1) is 17.8 Å². The second-order valence-corrected chi connectivity index (χ2v) is 5.46. The first-order valence-electron chi connectivity index (χ1n) is 6.37. The highest BCUT2D eigenvalue weighted by Crippen LogP contribution is 2.49. The number of carbonyl (C=O) groups excluding carboxylic acids is 1. The van der Waals surface area contributed by atoms with Crippen molar-refractivity contribution in [2.75, 3.05) is 0 Å². The predicted octanol–water partition coefficient (Wildman–Crippen LogP) is 3.74. The van der Waals surface area contributed by atoms with Crippen LogP contribution in [0.2, 0.25) is 0 Å². The summed E-state index contributed by atoms with van der Waals surface area (Å²) in [5.41, 5.74) is 1.10. The van der Waals surface area contributed by atoms with Crippen LogP contribution in [0.15, 0.2) is 12.2 Å². The van der Waals surface area contributed by atoms with E-state index in [2.05, 4.69) is 13.5 Å². The Morgan fingerprint density at radius 2 is 2.13 bits per heavy atom. The van der Waals surface area contributed by atoms with Crippen molar-refractivity contribution in [1.29, 1.82) is 0 Å². The molecule has 0 amide bonds. The molecule has 84 valence electrons. The fourth-order valence-corrected chi connectivity index (χ4v) is 3.39. The van der Waals surface area contributed by atoms with Crippen molar-refractivity contribution in [3.05, 3.63) is 12.2 Å². The normalized spacial score (nSPS) is 33.3. The summed E-state index contributed by atoms with van der Waals surface area (Å²) >= 11 is 0. The summed E-state index contributed by atoms with van der Waals surface area (Å²) < 4.78 is 0. The van der Waals surface area contributed by atoms with Crippen LogP contribution in [0.3, 0.4) is 0 Å². The topological polar surface area (TPSA) is 17.1 Å². The molecular weight excluding hydrogens is 184 g/mol. The number of rotatable bonds is 5. The lowest BCUT2D eigenvalue weighted by molar-refractivity contribution is -0.119. The standard InChI is InChI=1S/C14H22O/c1-3-10(2)6-14(15)9-13-8-11-4-5-12(13)7-11/h11-13H,2-9H2,1H3. The van der Waals surface area contributed by atoms with E-state index in [1.807, 2.05) is 0 Å². The molecule has 0 N–H and O–H groups in total. The van der Waals surface area contributed by atoms with Gasteiger partial charge < -0.3 is 0 Å². The minimum absolute atomic E-state index is 0.430. The molecule has 0 radical (unpaired) electrons. The lowest BCUT2D eigenvalue weighted by Crippen LogP contribution is -2.15. The Balaban J connectivity index is 1.77. The molecular formula is C14H22O. The van der Waals surface area contributed by atoms with Gasteiger partial charge in [-0.15, -0.1) is 0 Å². The highest BCUT2D eigenvalue weighted by Gasteiger charge is 2.39. The van der Waals surface area contributed by atoms with E-state index in [0.29, 0.717) is 12.2 Å². The van der Waals surface area contributed by atoms with Crippen LogP contribution in [0.4, 0.5) is 0 Å². The van der Waals surface area contributed by atoms with Gasteiger partial charge in [-0.25, -0.2) is 0 Å². The van der Waals surface area contributed by atoms with Crippen molar-refractivity contribution in [3.63, 3.8) is 0 Å². The zero-order chi connectivity index (χ0) is 10.8. The molecule has 2 bridgehead atoms. The SMILES string of the molecule is C=C(CC)CC(=O)CC1CC2CCC1C2. The van der Waals surface area contributed by atoms with Crippen molar-refractivity contribution >= 4 is 5.78 Å². The molecule has 15 heavy (non-hydrogen) atoms. The Morgan fingerprint density at radius 1 is 1.33 bits per heavy atom. The molecule has 2 fully saturated rings. The zero-order valence-corrected chi connectivity index (χ0v) is 9.80. The smallest absolute Gasteiger partial charge is 0.137 e. The molecule has 1 nitrogen and oxygen atoms in total. The van der Waals surface area contributed by atoms with E-state index < -0.39 is 0 Å². The minimum Gasteiger partial charge on any atom is -0.299 e. The molecule has 0 aromatic heterocycles. The van der Waals surface area contributed by atoms with Crippen molar-refractivity contribution in [2.24, 2.45) is 17.8 Å². The van der Waals surface area contributed by atoms with Gasteiger partial charge in [-0.3, -0.25) is 4.79 Å². The Bertz CT molecular complexity index is 267. The van der Waals surface area contributed by atoms with Crippen LogP contribution in [0.1, 0.15) is 51.9 Å². The number of ketones is 1. The fraction of sp³-hybridized carbons (Fsp3) is 0.786. The molecule has 2 rings (SSSR count). The van der Waals surface area contributed by atoms with E-state index in [4.69, 9.17) is 0 Å². The number of Topliss-reactive ketones (excluding diaryl/α,β-unsaturated/α-hetero) is 1. The molecule has 0 heterocycles. The number of hydrogen-bond donors (Lipinski definition) is 0. The van der Waals surface area contributed by atoms with Crippen LogP contribution < -0.4 is 0 Å². The second kappa shape index (κ2) is 4.51. The number of fused-ring (bicyclic) bond motifs is 2. The zero-order valence-electron chi connectivity index (χ0n) is 9.80. The number of allylic oxidation sites excluding steroid dienone is 1. The Labute approximate surface area is 92.9 Å². The van der Waals surface area contributed by atoms with E-state index in [0.717, 1.165) is 36.2 Å². The van der Waals surface area contributed by atoms with Crippen LogP contribution in [-0.4, -0.2) is 5.78 Å². The van der Waals surface area contributed by atoms with Crippen molar-refractivity contribution in [1.82, 2.24) is 0 Å². The molecule has 0 aliphatic heterocycles. The molecule has 0 spiro atoms. The summed E-state index contributed by atoms with van der Waals surface area (Å²) in [5, 5.41) is 0. The van der Waals surface area contributed by atoms with Crippen molar-refractivity contribution in [3.8, 4) is 0 Å². The van der Waals surface area contributed by atoms with Crippen molar-refractivity contribution in [2.45, 2.75) is 51.9 Å². The fourth-order valence-electron chi connectivity index (χ4n) is 3.39. The first kappa shape index (κ1) is 10.9. The number of carbonyl (C=O) groups is 1. The first-order valence-corrected chi connectivity index (χ1v) is 6.37. The first-order chi connectivity index (χ1) is 7.19. The molecule has 0 aromatic rings. The van der Waals surface area contributed by atoms with Gasteiger partial charge in [-0.05, 0) is 43.4 Å². The van der Waals surface area contributed by atoms with Gasteiger partial charge in [0.25, 0.3) is 0 Å². The molecule has 2 aliphatic rings. The number of hydrogen-bond acceptors (Lipinski definition) is 1. The van der Waals surface area contributed by atoms with Crippen LogP contribution in [0.25, 0.3) is 0 Å². The monoisotopic (exact) mass is 206 g/mol. The Morgan fingerprint density at radius 3 is 2.67 bits per heavy atom. The van der Waals surface area contributed by atoms with Gasteiger partial charge in [0.05, 0.1) is 0 Å². The summed E-state index contributed by atoms with van der Waals surface area (Å²) in [7, 11) is 0. The quantitative estimate of drug-likeness (QED) is 0.626. The van der Waals surface area contributed by atoms with Crippen LogP contribution in [0.5, 0.6) is 0 Å². The Hall–Kier alpha value is -0.590. The molecule has 0 aromatic carbocycles. The molecule has 3 unspecified atom stereocenters. The third-order valence-electron chi connectivity index (χ3n) is 4.32. The van der Waals surface area contributed by atoms with Gasteiger partial charge in [0, 0.05) is 12.8 Å². The van der Waals surface area contributed by atoms with Gasteiger partial charge >= 0.3 is 0 Å². The van der Waals surface area contributed by atoms with Gasteiger partial charge in [0.15, 0.2) is 0 Å².